The summed E-state index contributed by atoms with van der Waals surface area (Å²) in [5, 5.41) is 6.23. The van der Waals surface area contributed by atoms with Gasteiger partial charge in [-0.15, -0.1) is 24.0 Å². The maximum absolute atomic E-state index is 13.7. The van der Waals surface area contributed by atoms with Crippen LogP contribution < -0.4 is 10.6 Å². The third-order valence-electron chi connectivity index (χ3n) is 3.68. The van der Waals surface area contributed by atoms with E-state index in [4.69, 9.17) is 0 Å². The zero-order chi connectivity index (χ0) is 16.8. The summed E-state index contributed by atoms with van der Waals surface area (Å²) in [6.07, 6.45) is 0. The molecule has 0 saturated carbocycles. The Morgan fingerprint density at radius 2 is 1.83 bits per heavy atom. The fourth-order valence-corrected chi connectivity index (χ4v) is 2.18. The molecule has 3 nitrogen and oxygen atoms in total. The molecule has 0 amide bonds. The van der Waals surface area contributed by atoms with Crippen LogP contribution in [-0.2, 0) is 6.54 Å². The Hall–Kier alpha value is -1.70. The molecule has 0 heterocycles. The number of hydrogen-bond acceptors (Lipinski definition) is 1. The van der Waals surface area contributed by atoms with Crippen molar-refractivity contribution in [3.8, 4) is 0 Å². The van der Waals surface area contributed by atoms with Crippen molar-refractivity contribution in [2.24, 2.45) is 4.99 Å². The lowest BCUT2D eigenvalue weighted by Crippen LogP contribution is -2.38. The summed E-state index contributed by atoms with van der Waals surface area (Å²) >= 11 is 0. The van der Waals surface area contributed by atoms with Gasteiger partial charge in [-0.05, 0) is 37.1 Å². The highest BCUT2D eigenvalue weighted by Gasteiger charge is 2.10. The average Bonchev–Trinajstić information content (AvgIpc) is 2.55. The first kappa shape index (κ1) is 20.3. The molecule has 2 rings (SSSR count). The molecule has 0 saturated heterocycles. The van der Waals surface area contributed by atoms with Gasteiger partial charge >= 0.3 is 0 Å². The van der Waals surface area contributed by atoms with Gasteiger partial charge in [0.1, 0.15) is 11.6 Å². The molecule has 2 aromatic rings. The molecule has 0 spiro atoms. The van der Waals surface area contributed by atoms with Crippen LogP contribution in [0.25, 0.3) is 0 Å². The van der Waals surface area contributed by atoms with Gasteiger partial charge in [0, 0.05) is 19.2 Å². The van der Waals surface area contributed by atoms with E-state index in [1.165, 1.54) is 12.1 Å². The van der Waals surface area contributed by atoms with Gasteiger partial charge in [0.15, 0.2) is 5.96 Å². The zero-order valence-electron chi connectivity index (χ0n) is 13.9. The van der Waals surface area contributed by atoms with Gasteiger partial charge in [0.05, 0.1) is 6.04 Å². The Morgan fingerprint density at radius 3 is 2.46 bits per heavy atom. The molecule has 0 aliphatic heterocycles. The van der Waals surface area contributed by atoms with Gasteiger partial charge in [0.2, 0.25) is 0 Å². The lowest BCUT2D eigenvalue weighted by molar-refractivity contribution is 0.599. The lowest BCUT2D eigenvalue weighted by Gasteiger charge is -2.19. The quantitative estimate of drug-likeness (QED) is 0.418. The van der Waals surface area contributed by atoms with Gasteiger partial charge in [-0.25, -0.2) is 8.78 Å². The number of rotatable bonds is 4. The Labute approximate surface area is 158 Å². The van der Waals surface area contributed by atoms with Crippen molar-refractivity contribution in [2.75, 3.05) is 7.05 Å². The summed E-state index contributed by atoms with van der Waals surface area (Å²) in [5.74, 6) is 0.0382. The van der Waals surface area contributed by atoms with Crippen molar-refractivity contribution in [1.82, 2.24) is 10.6 Å². The second-order valence-electron chi connectivity index (χ2n) is 5.39. The molecule has 2 N–H and O–H groups in total. The van der Waals surface area contributed by atoms with E-state index in [2.05, 4.69) is 15.6 Å². The van der Waals surface area contributed by atoms with Gasteiger partial charge in [0.25, 0.3) is 0 Å². The van der Waals surface area contributed by atoms with E-state index in [0.717, 1.165) is 5.56 Å². The number of guanidine groups is 1. The fraction of sp³-hybridized carbons (Fsp3) is 0.278. The third kappa shape index (κ3) is 5.43. The Morgan fingerprint density at radius 1 is 1.12 bits per heavy atom. The fourth-order valence-electron chi connectivity index (χ4n) is 2.18. The largest absolute Gasteiger partial charge is 0.352 e. The van der Waals surface area contributed by atoms with Gasteiger partial charge in [-0.1, -0.05) is 30.3 Å². The number of aryl methyl sites for hydroxylation is 1. The highest BCUT2D eigenvalue weighted by molar-refractivity contribution is 14.0. The van der Waals surface area contributed by atoms with E-state index >= 15 is 0 Å². The van der Waals surface area contributed by atoms with E-state index in [1.54, 1.807) is 38.2 Å². The first-order valence-electron chi connectivity index (χ1n) is 7.48. The van der Waals surface area contributed by atoms with Crippen LogP contribution in [0.15, 0.2) is 47.5 Å². The van der Waals surface area contributed by atoms with Crippen LogP contribution in [0.3, 0.4) is 0 Å². The molecule has 0 aliphatic carbocycles. The molecule has 2 aromatic carbocycles. The Bertz CT molecular complexity index is 704. The smallest absolute Gasteiger partial charge is 0.191 e. The average molecular weight is 445 g/mol. The molecule has 0 fully saturated rings. The topological polar surface area (TPSA) is 36.4 Å². The molecule has 1 atom stereocenters. The highest BCUT2D eigenvalue weighted by atomic mass is 127. The van der Waals surface area contributed by atoms with E-state index < -0.39 is 0 Å². The number of halogens is 3. The predicted octanol–water partition coefficient (Wildman–Crippen LogP) is 4.32. The van der Waals surface area contributed by atoms with E-state index in [1.807, 2.05) is 13.0 Å². The standard InChI is InChI=1S/C18H21F2N3.HI/c1-12-8-9-14(10-17(12)20)13(2)23-18(21-3)22-11-15-6-4-5-7-16(15)19;/h4-10,13H,11H2,1-3H3,(H2,21,22,23);1H. The summed E-state index contributed by atoms with van der Waals surface area (Å²) in [5.41, 5.74) is 1.99. The Balaban J connectivity index is 0.00000288. The Kier molecular flexibility index (Phi) is 8.10. The minimum absolute atomic E-state index is 0. The molecule has 0 bridgehead atoms. The van der Waals surface area contributed by atoms with E-state index in [0.29, 0.717) is 23.6 Å². The molecule has 24 heavy (non-hydrogen) atoms. The maximum atomic E-state index is 13.7. The minimum Gasteiger partial charge on any atom is -0.352 e. The molecule has 1 unspecified atom stereocenters. The van der Waals surface area contributed by atoms with Crippen molar-refractivity contribution >= 4 is 29.9 Å². The molecule has 0 aliphatic rings. The summed E-state index contributed by atoms with van der Waals surface area (Å²) in [7, 11) is 1.64. The van der Waals surface area contributed by atoms with Crippen molar-refractivity contribution in [3.63, 3.8) is 0 Å². The van der Waals surface area contributed by atoms with Gasteiger partial charge in [-0.3, -0.25) is 4.99 Å². The molecule has 6 heteroatoms. The monoisotopic (exact) mass is 445 g/mol. The molecule has 130 valence electrons. The van der Waals surface area contributed by atoms with E-state index in [-0.39, 0.29) is 41.7 Å². The minimum atomic E-state index is -0.260. The first-order valence-corrected chi connectivity index (χ1v) is 7.48. The van der Waals surface area contributed by atoms with Crippen LogP contribution in [0.2, 0.25) is 0 Å². The maximum Gasteiger partial charge on any atom is 0.191 e. The normalized spacial score (nSPS) is 12.3. The highest BCUT2D eigenvalue weighted by Crippen LogP contribution is 2.16. The molecule has 0 radical (unpaired) electrons. The van der Waals surface area contributed by atoms with Crippen molar-refractivity contribution < 1.29 is 8.78 Å². The summed E-state index contributed by atoms with van der Waals surface area (Å²) < 4.78 is 27.3. The van der Waals surface area contributed by atoms with Gasteiger partial charge < -0.3 is 10.6 Å². The zero-order valence-corrected chi connectivity index (χ0v) is 16.3. The second-order valence-corrected chi connectivity index (χ2v) is 5.39. The van der Waals surface area contributed by atoms with Crippen molar-refractivity contribution in [1.29, 1.82) is 0 Å². The third-order valence-corrected chi connectivity index (χ3v) is 3.68. The summed E-state index contributed by atoms with van der Waals surface area (Å²) in [6.45, 7) is 3.97. The second kappa shape index (κ2) is 9.56. The first-order chi connectivity index (χ1) is 11.0. The number of aliphatic imine (C=N–C) groups is 1. The van der Waals surface area contributed by atoms with Crippen LogP contribution >= 0.6 is 24.0 Å². The number of nitrogens with zero attached hydrogens (tertiary/aromatic N) is 1. The van der Waals surface area contributed by atoms with Crippen molar-refractivity contribution in [3.05, 3.63) is 70.8 Å². The lowest BCUT2D eigenvalue weighted by atomic mass is 10.1. The van der Waals surface area contributed by atoms with Crippen LogP contribution in [0, 0.1) is 18.6 Å². The number of benzene rings is 2. The molecular weight excluding hydrogens is 423 g/mol. The van der Waals surface area contributed by atoms with Crippen LogP contribution in [0.4, 0.5) is 8.78 Å². The van der Waals surface area contributed by atoms with Crippen LogP contribution in [0.5, 0.6) is 0 Å². The molecular formula is C18H22F2IN3. The van der Waals surface area contributed by atoms with Crippen LogP contribution in [0.1, 0.15) is 29.7 Å². The van der Waals surface area contributed by atoms with E-state index in [9.17, 15) is 8.78 Å². The van der Waals surface area contributed by atoms with Gasteiger partial charge in [-0.2, -0.15) is 0 Å². The summed E-state index contributed by atoms with van der Waals surface area (Å²) in [4.78, 5) is 4.12. The van der Waals surface area contributed by atoms with Crippen LogP contribution in [-0.4, -0.2) is 13.0 Å². The number of hydrogen-bond donors (Lipinski definition) is 2. The molecule has 0 aromatic heterocycles. The SMILES string of the molecule is CN=C(NCc1ccccc1F)NC(C)c1ccc(C)c(F)c1.I. The predicted molar refractivity (Wildman–Crippen MR) is 105 cm³/mol. The van der Waals surface area contributed by atoms with Crippen molar-refractivity contribution in [2.45, 2.75) is 26.4 Å². The number of nitrogens with one attached hydrogen (secondary N) is 2. The summed E-state index contributed by atoms with van der Waals surface area (Å²) in [6, 6.07) is 11.6.